The molecule has 0 saturated heterocycles. The Balaban J connectivity index is 1.73. The standard InChI is InChI=1S/C19H14FNO3/c20-14-8-10-16(11-9-14)24-19-17(7-4-12-21-19)18(22)13-23-15-5-2-1-3-6-15/h1-12H,13H2. The Labute approximate surface area is 138 Å². The molecule has 2 aromatic carbocycles. The average molecular weight is 323 g/mol. The van der Waals surface area contributed by atoms with Gasteiger partial charge in [0, 0.05) is 6.20 Å². The van der Waals surface area contributed by atoms with Crippen molar-refractivity contribution in [2.45, 2.75) is 0 Å². The van der Waals surface area contributed by atoms with Gasteiger partial charge in [0.25, 0.3) is 0 Å². The highest BCUT2D eigenvalue weighted by molar-refractivity contribution is 5.99. The maximum atomic E-state index is 13.0. The number of hydrogen-bond acceptors (Lipinski definition) is 4. The second-order valence-corrected chi connectivity index (χ2v) is 4.94. The van der Waals surface area contributed by atoms with E-state index in [1.807, 2.05) is 18.2 Å². The van der Waals surface area contributed by atoms with E-state index in [2.05, 4.69) is 4.98 Å². The summed E-state index contributed by atoms with van der Waals surface area (Å²) >= 11 is 0. The van der Waals surface area contributed by atoms with Gasteiger partial charge in [0.05, 0.1) is 5.56 Å². The van der Waals surface area contributed by atoms with Crippen molar-refractivity contribution in [1.29, 1.82) is 0 Å². The molecule has 0 aliphatic rings. The Hall–Kier alpha value is -3.21. The number of ketones is 1. The molecule has 24 heavy (non-hydrogen) atoms. The SMILES string of the molecule is O=C(COc1ccccc1)c1cccnc1Oc1ccc(F)cc1. The van der Waals surface area contributed by atoms with Gasteiger partial charge in [-0.1, -0.05) is 18.2 Å². The van der Waals surface area contributed by atoms with Gasteiger partial charge in [0.1, 0.15) is 17.3 Å². The van der Waals surface area contributed by atoms with Gasteiger partial charge in [-0.2, -0.15) is 0 Å². The normalized spacial score (nSPS) is 10.2. The molecule has 0 aliphatic carbocycles. The Morgan fingerprint density at radius 2 is 1.67 bits per heavy atom. The van der Waals surface area contributed by atoms with Crippen LogP contribution in [0, 0.1) is 5.82 Å². The van der Waals surface area contributed by atoms with E-state index >= 15 is 0 Å². The maximum Gasteiger partial charge on any atom is 0.230 e. The van der Waals surface area contributed by atoms with Crippen molar-refractivity contribution in [2.24, 2.45) is 0 Å². The van der Waals surface area contributed by atoms with Crippen LogP contribution in [0.3, 0.4) is 0 Å². The number of halogens is 1. The third kappa shape index (κ3) is 3.95. The van der Waals surface area contributed by atoms with Crippen molar-refractivity contribution < 1.29 is 18.7 Å². The first-order chi connectivity index (χ1) is 11.7. The summed E-state index contributed by atoms with van der Waals surface area (Å²) in [7, 11) is 0. The second-order valence-electron chi connectivity index (χ2n) is 4.94. The summed E-state index contributed by atoms with van der Waals surface area (Å²) in [6.07, 6.45) is 1.52. The summed E-state index contributed by atoms with van der Waals surface area (Å²) in [5.41, 5.74) is 0.303. The van der Waals surface area contributed by atoms with E-state index in [-0.39, 0.29) is 24.1 Å². The number of hydrogen-bond donors (Lipinski definition) is 0. The van der Waals surface area contributed by atoms with Gasteiger partial charge in [-0.3, -0.25) is 4.79 Å². The molecule has 0 N–H and O–H groups in total. The Bertz CT molecular complexity index is 820. The van der Waals surface area contributed by atoms with E-state index in [0.29, 0.717) is 17.1 Å². The van der Waals surface area contributed by atoms with Gasteiger partial charge in [-0.15, -0.1) is 0 Å². The molecule has 3 aromatic rings. The zero-order valence-corrected chi connectivity index (χ0v) is 12.7. The third-order valence-corrected chi connectivity index (χ3v) is 3.21. The first-order valence-electron chi connectivity index (χ1n) is 7.32. The van der Waals surface area contributed by atoms with Crippen molar-refractivity contribution in [3.05, 3.63) is 84.3 Å². The van der Waals surface area contributed by atoms with Crippen molar-refractivity contribution in [3.63, 3.8) is 0 Å². The molecular weight excluding hydrogens is 309 g/mol. The minimum absolute atomic E-state index is 0.129. The number of para-hydroxylation sites is 1. The fourth-order valence-electron chi connectivity index (χ4n) is 2.04. The Morgan fingerprint density at radius 1 is 0.917 bits per heavy atom. The highest BCUT2D eigenvalue weighted by Gasteiger charge is 2.15. The van der Waals surface area contributed by atoms with Crippen molar-refractivity contribution >= 4 is 5.78 Å². The molecule has 5 heteroatoms. The topological polar surface area (TPSA) is 48.4 Å². The second kappa shape index (κ2) is 7.37. The molecule has 3 rings (SSSR count). The molecule has 4 nitrogen and oxygen atoms in total. The lowest BCUT2D eigenvalue weighted by molar-refractivity contribution is 0.0918. The summed E-state index contributed by atoms with van der Waals surface area (Å²) in [6, 6.07) is 17.8. The van der Waals surface area contributed by atoms with Gasteiger partial charge in [0.2, 0.25) is 11.7 Å². The van der Waals surface area contributed by atoms with E-state index in [1.54, 1.807) is 24.3 Å². The van der Waals surface area contributed by atoms with Crippen molar-refractivity contribution in [1.82, 2.24) is 4.98 Å². The quantitative estimate of drug-likeness (QED) is 0.636. The van der Waals surface area contributed by atoms with Gasteiger partial charge >= 0.3 is 0 Å². The molecule has 0 aliphatic heterocycles. The number of nitrogens with zero attached hydrogens (tertiary/aromatic N) is 1. The summed E-state index contributed by atoms with van der Waals surface area (Å²) in [6.45, 7) is -0.129. The predicted molar refractivity (Wildman–Crippen MR) is 87.0 cm³/mol. The molecule has 0 radical (unpaired) electrons. The first-order valence-corrected chi connectivity index (χ1v) is 7.32. The molecule has 0 atom stereocenters. The molecule has 120 valence electrons. The van der Waals surface area contributed by atoms with Crippen LogP contribution >= 0.6 is 0 Å². The smallest absolute Gasteiger partial charge is 0.230 e. The number of aromatic nitrogens is 1. The number of rotatable bonds is 6. The lowest BCUT2D eigenvalue weighted by atomic mass is 10.2. The zero-order chi connectivity index (χ0) is 16.8. The van der Waals surface area contributed by atoms with Crippen LogP contribution in [-0.4, -0.2) is 17.4 Å². The van der Waals surface area contributed by atoms with Crippen LogP contribution in [0.25, 0.3) is 0 Å². The fraction of sp³-hybridized carbons (Fsp3) is 0.0526. The molecule has 1 aromatic heterocycles. The van der Waals surface area contributed by atoms with Gasteiger partial charge < -0.3 is 9.47 Å². The highest BCUT2D eigenvalue weighted by atomic mass is 19.1. The van der Waals surface area contributed by atoms with Gasteiger partial charge in [0.15, 0.2) is 6.61 Å². The molecule has 0 saturated carbocycles. The number of ether oxygens (including phenoxy) is 2. The van der Waals surface area contributed by atoms with Crippen LogP contribution in [0.2, 0.25) is 0 Å². The van der Waals surface area contributed by atoms with Crippen LogP contribution in [0.4, 0.5) is 4.39 Å². The van der Waals surface area contributed by atoms with E-state index in [1.165, 1.54) is 30.5 Å². The number of carbonyl (C=O) groups excluding carboxylic acids is 1. The Morgan fingerprint density at radius 3 is 2.42 bits per heavy atom. The fourth-order valence-corrected chi connectivity index (χ4v) is 2.04. The lowest BCUT2D eigenvalue weighted by Gasteiger charge is -2.10. The summed E-state index contributed by atoms with van der Waals surface area (Å²) in [5, 5.41) is 0. The van der Waals surface area contributed by atoms with Gasteiger partial charge in [-0.25, -0.2) is 9.37 Å². The zero-order valence-electron chi connectivity index (χ0n) is 12.7. The maximum absolute atomic E-state index is 13.0. The number of carbonyl (C=O) groups is 1. The van der Waals surface area contributed by atoms with Crippen molar-refractivity contribution in [3.8, 4) is 17.4 Å². The average Bonchev–Trinajstić information content (AvgIpc) is 2.63. The molecule has 0 amide bonds. The van der Waals surface area contributed by atoms with Crippen LogP contribution in [0.1, 0.15) is 10.4 Å². The van der Waals surface area contributed by atoms with Crippen LogP contribution in [0.5, 0.6) is 17.4 Å². The predicted octanol–water partition coefficient (Wildman–Crippen LogP) is 4.27. The molecule has 0 fully saturated rings. The van der Waals surface area contributed by atoms with Crippen LogP contribution in [-0.2, 0) is 0 Å². The largest absolute Gasteiger partial charge is 0.485 e. The van der Waals surface area contributed by atoms with E-state index < -0.39 is 0 Å². The van der Waals surface area contributed by atoms with Gasteiger partial charge in [-0.05, 0) is 48.5 Å². The van der Waals surface area contributed by atoms with Crippen molar-refractivity contribution in [2.75, 3.05) is 6.61 Å². The van der Waals surface area contributed by atoms with Crippen LogP contribution in [0.15, 0.2) is 72.9 Å². The van der Waals surface area contributed by atoms with E-state index in [9.17, 15) is 9.18 Å². The van der Waals surface area contributed by atoms with E-state index in [4.69, 9.17) is 9.47 Å². The molecular formula is C19H14FNO3. The molecule has 0 unspecified atom stereocenters. The minimum Gasteiger partial charge on any atom is -0.485 e. The summed E-state index contributed by atoms with van der Waals surface area (Å²) in [4.78, 5) is 16.5. The summed E-state index contributed by atoms with van der Waals surface area (Å²) in [5.74, 6) is 0.537. The Kier molecular flexibility index (Phi) is 4.81. The minimum atomic E-state index is -0.365. The highest BCUT2D eigenvalue weighted by Crippen LogP contribution is 2.23. The number of pyridine rings is 1. The number of benzene rings is 2. The monoisotopic (exact) mass is 323 g/mol. The van der Waals surface area contributed by atoms with E-state index in [0.717, 1.165) is 0 Å². The first kappa shape index (κ1) is 15.7. The third-order valence-electron chi connectivity index (χ3n) is 3.21. The molecule has 0 spiro atoms. The lowest BCUT2D eigenvalue weighted by Crippen LogP contribution is -2.13. The molecule has 0 bridgehead atoms. The van der Waals surface area contributed by atoms with Crippen LogP contribution < -0.4 is 9.47 Å². The molecule has 1 heterocycles. The number of Topliss-reactive ketones (excluding diaryl/α,β-unsaturated/α-hetero) is 1. The summed E-state index contributed by atoms with van der Waals surface area (Å²) < 4.78 is 24.0.